The van der Waals surface area contributed by atoms with Crippen LogP contribution in [0.3, 0.4) is 0 Å². The number of nitrogens with one attached hydrogen (secondary N) is 2. The van der Waals surface area contributed by atoms with Gasteiger partial charge in [-0.25, -0.2) is 0 Å². The molecule has 4 rings (SSSR count). The maximum absolute atomic E-state index is 13.6. The van der Waals surface area contributed by atoms with Crippen LogP contribution in [-0.4, -0.2) is 24.1 Å². The van der Waals surface area contributed by atoms with E-state index in [0.717, 1.165) is 0 Å². The molecule has 1 aliphatic heterocycles. The Balaban J connectivity index is 1.92. The second-order valence-corrected chi connectivity index (χ2v) is 10.7. The van der Waals surface area contributed by atoms with Crippen LogP contribution in [0.1, 0.15) is 62.0 Å². The molecular weight excluding hydrogens is 499 g/mol. The Morgan fingerprint density at radius 1 is 1.19 bits per heavy atom. The average molecular weight is 525 g/mol. The monoisotopic (exact) mass is 524 g/mol. The fourth-order valence-electron chi connectivity index (χ4n) is 4.88. The summed E-state index contributed by atoms with van der Waals surface area (Å²) in [4.78, 5) is 41.0. The number of amides is 2. The first kappa shape index (κ1) is 25.7. The van der Waals surface area contributed by atoms with Gasteiger partial charge in [0.25, 0.3) is 5.91 Å². The predicted molar refractivity (Wildman–Crippen MR) is 140 cm³/mol. The van der Waals surface area contributed by atoms with Crippen LogP contribution in [0.2, 0.25) is 10.0 Å². The molecule has 36 heavy (non-hydrogen) atoms. The van der Waals surface area contributed by atoms with E-state index in [9.17, 15) is 14.4 Å². The van der Waals surface area contributed by atoms with Crippen molar-refractivity contribution in [3.05, 3.63) is 68.8 Å². The predicted octanol–water partition coefficient (Wildman–Crippen LogP) is 5.80. The van der Waals surface area contributed by atoms with Gasteiger partial charge in [-0.2, -0.15) is 5.26 Å². The van der Waals surface area contributed by atoms with Crippen LogP contribution >= 0.6 is 23.2 Å². The number of fused-ring (bicyclic) bond motifs is 1. The maximum Gasteiger partial charge on any atom is 0.251 e. The fraction of sp³-hybridized carbons (Fsp3) is 0.333. The Bertz CT molecular complexity index is 1340. The van der Waals surface area contributed by atoms with E-state index in [0.29, 0.717) is 56.7 Å². The van der Waals surface area contributed by atoms with Crippen molar-refractivity contribution in [2.24, 2.45) is 5.41 Å². The molecule has 7 nitrogen and oxygen atoms in total. The van der Waals surface area contributed by atoms with E-state index in [1.807, 2.05) is 19.9 Å². The third kappa shape index (κ3) is 4.97. The second-order valence-electron chi connectivity index (χ2n) is 9.81. The molecule has 0 spiro atoms. The minimum Gasteiger partial charge on any atom is -0.357 e. The molecule has 2 aromatic carbocycles. The summed E-state index contributed by atoms with van der Waals surface area (Å²) < 4.78 is 0. The number of allylic oxidation sites excluding steroid dienone is 1. The van der Waals surface area contributed by atoms with E-state index < -0.39 is 6.04 Å². The summed E-state index contributed by atoms with van der Waals surface area (Å²) in [5.41, 5.74) is 2.88. The zero-order valence-corrected chi connectivity index (χ0v) is 21.8. The number of rotatable bonds is 4. The third-order valence-corrected chi connectivity index (χ3v) is 6.94. The molecular formula is C27H26Cl2N4O3. The van der Waals surface area contributed by atoms with Crippen molar-refractivity contribution in [3.63, 3.8) is 0 Å². The minimum atomic E-state index is -0.769. The zero-order chi connectivity index (χ0) is 26.2. The lowest BCUT2D eigenvalue weighted by atomic mass is 9.73. The fourth-order valence-corrected chi connectivity index (χ4v) is 5.40. The Hall–Kier alpha value is -3.34. The van der Waals surface area contributed by atoms with Gasteiger partial charge in [-0.1, -0.05) is 43.1 Å². The van der Waals surface area contributed by atoms with Crippen LogP contribution < -0.4 is 15.5 Å². The quantitative estimate of drug-likeness (QED) is 0.492. The molecule has 2 aliphatic rings. The van der Waals surface area contributed by atoms with Gasteiger partial charge in [-0.3, -0.25) is 19.3 Å². The topological polar surface area (TPSA) is 102 Å². The number of nitrogens with zero attached hydrogens (tertiary/aromatic N) is 2. The summed E-state index contributed by atoms with van der Waals surface area (Å²) in [7, 11) is 0. The van der Waals surface area contributed by atoms with Crippen molar-refractivity contribution >= 4 is 52.2 Å². The van der Waals surface area contributed by atoms with Crippen LogP contribution in [0.4, 0.5) is 11.4 Å². The van der Waals surface area contributed by atoms with Crippen molar-refractivity contribution in [1.29, 1.82) is 5.26 Å². The highest BCUT2D eigenvalue weighted by Crippen LogP contribution is 2.49. The summed E-state index contributed by atoms with van der Waals surface area (Å²) in [5.74, 6) is -0.690. The molecule has 2 amide bonds. The summed E-state index contributed by atoms with van der Waals surface area (Å²) >= 11 is 12.8. The Labute approximate surface area is 220 Å². The van der Waals surface area contributed by atoms with Crippen LogP contribution in [-0.2, 0) is 9.59 Å². The van der Waals surface area contributed by atoms with Crippen molar-refractivity contribution in [2.75, 3.05) is 16.8 Å². The SMILES string of the molecule is CC(=O)N1c2ccc(C(=O)NCCC#N)cc2NC2=C(C(=O)CC(C)(C)C2)C1c1ccc(Cl)cc1Cl. The lowest BCUT2D eigenvalue weighted by Crippen LogP contribution is -2.38. The number of ketones is 1. The molecule has 0 saturated carbocycles. The summed E-state index contributed by atoms with van der Waals surface area (Å²) in [6.45, 7) is 5.71. The average Bonchev–Trinajstić information content (AvgIpc) is 2.92. The van der Waals surface area contributed by atoms with E-state index in [2.05, 4.69) is 10.6 Å². The van der Waals surface area contributed by atoms with Gasteiger partial charge in [0, 0.05) is 46.8 Å². The molecule has 186 valence electrons. The van der Waals surface area contributed by atoms with Gasteiger partial charge in [-0.05, 0) is 47.7 Å². The number of halogens is 2. The van der Waals surface area contributed by atoms with Gasteiger partial charge in [0.05, 0.1) is 29.9 Å². The lowest BCUT2D eigenvalue weighted by Gasteiger charge is -2.37. The van der Waals surface area contributed by atoms with Crippen LogP contribution in [0.15, 0.2) is 47.7 Å². The zero-order valence-electron chi connectivity index (χ0n) is 20.2. The molecule has 0 fully saturated rings. The van der Waals surface area contributed by atoms with Crippen LogP contribution in [0.5, 0.6) is 0 Å². The number of hydrogen-bond donors (Lipinski definition) is 2. The first-order chi connectivity index (χ1) is 17.0. The number of hydrogen-bond acceptors (Lipinski definition) is 5. The first-order valence-corrected chi connectivity index (χ1v) is 12.4. The molecule has 1 heterocycles. The van der Waals surface area contributed by atoms with Gasteiger partial charge >= 0.3 is 0 Å². The number of anilines is 2. The highest BCUT2D eigenvalue weighted by molar-refractivity contribution is 6.35. The Morgan fingerprint density at radius 2 is 1.94 bits per heavy atom. The molecule has 1 unspecified atom stereocenters. The molecule has 9 heteroatoms. The lowest BCUT2D eigenvalue weighted by molar-refractivity contribution is -0.118. The van der Waals surface area contributed by atoms with Gasteiger partial charge in [0.1, 0.15) is 0 Å². The highest BCUT2D eigenvalue weighted by Gasteiger charge is 2.43. The standard InChI is InChI=1S/C27H26Cl2N4O3/c1-15(34)33-22-8-5-16(26(36)31-10-4-9-30)11-20(22)32-21-13-27(2,3)14-23(35)24(21)25(33)18-7-6-17(28)12-19(18)29/h5-8,11-12,25,32H,4,10,13-14H2,1-3H3,(H,31,36). The van der Waals surface area contributed by atoms with Gasteiger partial charge in [0.2, 0.25) is 5.91 Å². The number of carbonyl (C=O) groups excluding carboxylic acids is 3. The summed E-state index contributed by atoms with van der Waals surface area (Å²) in [6.07, 6.45) is 1.09. The molecule has 0 saturated heterocycles. The Morgan fingerprint density at radius 3 is 2.61 bits per heavy atom. The van der Waals surface area contributed by atoms with Crippen molar-refractivity contribution in [2.45, 2.75) is 46.1 Å². The third-order valence-electron chi connectivity index (χ3n) is 6.37. The number of carbonyl (C=O) groups is 3. The largest absolute Gasteiger partial charge is 0.357 e. The second kappa shape index (κ2) is 9.96. The van der Waals surface area contributed by atoms with Crippen molar-refractivity contribution in [3.8, 4) is 6.07 Å². The van der Waals surface area contributed by atoms with E-state index in [4.69, 9.17) is 28.5 Å². The number of benzene rings is 2. The molecule has 2 aromatic rings. The maximum atomic E-state index is 13.6. The van der Waals surface area contributed by atoms with Crippen molar-refractivity contribution in [1.82, 2.24) is 5.32 Å². The van der Waals surface area contributed by atoms with E-state index in [1.165, 1.54) is 6.92 Å². The number of nitriles is 1. The molecule has 0 radical (unpaired) electrons. The number of Topliss-reactive ketones (excluding diaryl/α,β-unsaturated/α-hetero) is 1. The normalized spacial score (nSPS) is 18.4. The summed E-state index contributed by atoms with van der Waals surface area (Å²) in [6, 6.07) is 11.2. The molecule has 2 N–H and O–H groups in total. The molecule has 0 bridgehead atoms. The summed E-state index contributed by atoms with van der Waals surface area (Å²) in [5, 5.41) is 15.6. The first-order valence-electron chi connectivity index (χ1n) is 11.6. The van der Waals surface area contributed by atoms with Crippen molar-refractivity contribution < 1.29 is 14.4 Å². The minimum absolute atomic E-state index is 0.0710. The van der Waals surface area contributed by atoms with E-state index in [1.54, 1.807) is 41.3 Å². The molecule has 1 atom stereocenters. The van der Waals surface area contributed by atoms with E-state index in [-0.39, 0.29) is 36.0 Å². The smallest absolute Gasteiger partial charge is 0.251 e. The van der Waals surface area contributed by atoms with Crippen LogP contribution in [0.25, 0.3) is 0 Å². The molecule has 1 aliphatic carbocycles. The van der Waals surface area contributed by atoms with E-state index >= 15 is 0 Å². The van der Waals surface area contributed by atoms with Gasteiger partial charge < -0.3 is 10.6 Å². The molecule has 0 aromatic heterocycles. The van der Waals surface area contributed by atoms with Crippen LogP contribution in [0, 0.1) is 16.7 Å². The highest BCUT2D eigenvalue weighted by atomic mass is 35.5. The Kier molecular flexibility index (Phi) is 7.12. The van der Waals surface area contributed by atoms with Gasteiger partial charge in [-0.15, -0.1) is 0 Å². The van der Waals surface area contributed by atoms with Gasteiger partial charge in [0.15, 0.2) is 5.78 Å².